The van der Waals surface area contributed by atoms with Gasteiger partial charge in [0.1, 0.15) is 0 Å². The molecule has 0 aliphatic carbocycles. The molecule has 33 heavy (non-hydrogen) atoms. The van der Waals surface area contributed by atoms with Crippen molar-refractivity contribution in [3.05, 3.63) is 24.3 Å². The Labute approximate surface area is 201 Å². The molecular formula is C22H35N5O4S2. The SMILES string of the molecule is CCN(CC)S(=O)(=O)c1cccc(-c2nnc(SCCN3CCOCC3)n2C(C)COC)c1. The van der Waals surface area contributed by atoms with Crippen molar-refractivity contribution in [1.29, 1.82) is 0 Å². The van der Waals surface area contributed by atoms with Crippen molar-refractivity contribution in [2.24, 2.45) is 0 Å². The summed E-state index contributed by atoms with van der Waals surface area (Å²) in [7, 11) is -1.89. The van der Waals surface area contributed by atoms with Gasteiger partial charge in [-0.1, -0.05) is 37.7 Å². The zero-order valence-electron chi connectivity index (χ0n) is 19.9. The minimum Gasteiger partial charge on any atom is -0.383 e. The molecule has 0 bridgehead atoms. The molecule has 1 fully saturated rings. The van der Waals surface area contributed by atoms with Crippen molar-refractivity contribution >= 4 is 21.8 Å². The van der Waals surface area contributed by atoms with Crippen molar-refractivity contribution < 1.29 is 17.9 Å². The zero-order valence-corrected chi connectivity index (χ0v) is 21.6. The van der Waals surface area contributed by atoms with Gasteiger partial charge in [0.2, 0.25) is 10.0 Å². The monoisotopic (exact) mass is 497 g/mol. The summed E-state index contributed by atoms with van der Waals surface area (Å²) in [4.78, 5) is 2.65. The van der Waals surface area contributed by atoms with Gasteiger partial charge < -0.3 is 9.47 Å². The highest BCUT2D eigenvalue weighted by Gasteiger charge is 2.24. The summed E-state index contributed by atoms with van der Waals surface area (Å²) in [6.07, 6.45) is 0. The van der Waals surface area contributed by atoms with Crippen molar-refractivity contribution in [2.75, 3.05) is 65.4 Å². The van der Waals surface area contributed by atoms with Crippen LogP contribution in [0.3, 0.4) is 0 Å². The molecule has 2 heterocycles. The van der Waals surface area contributed by atoms with Gasteiger partial charge in [-0.2, -0.15) is 4.31 Å². The first-order chi connectivity index (χ1) is 15.9. The second-order valence-electron chi connectivity index (χ2n) is 7.90. The van der Waals surface area contributed by atoms with Crippen molar-refractivity contribution in [3.63, 3.8) is 0 Å². The van der Waals surface area contributed by atoms with Crippen LogP contribution in [0.15, 0.2) is 34.3 Å². The molecule has 11 heteroatoms. The summed E-state index contributed by atoms with van der Waals surface area (Å²) < 4.78 is 40.4. The van der Waals surface area contributed by atoms with Crippen LogP contribution < -0.4 is 0 Å². The van der Waals surface area contributed by atoms with Crippen LogP contribution in [0.4, 0.5) is 0 Å². The fraction of sp³-hybridized carbons (Fsp3) is 0.636. The second-order valence-corrected chi connectivity index (χ2v) is 10.9. The van der Waals surface area contributed by atoms with Gasteiger partial charge in [0.25, 0.3) is 0 Å². The summed E-state index contributed by atoms with van der Waals surface area (Å²) in [5.41, 5.74) is 0.721. The number of methoxy groups -OCH3 is 1. The van der Waals surface area contributed by atoms with E-state index in [0.717, 1.165) is 49.3 Å². The van der Waals surface area contributed by atoms with E-state index in [9.17, 15) is 8.42 Å². The van der Waals surface area contributed by atoms with Crippen molar-refractivity contribution in [2.45, 2.75) is 36.9 Å². The lowest BCUT2D eigenvalue weighted by Gasteiger charge is -2.26. The molecule has 0 saturated carbocycles. The highest BCUT2D eigenvalue weighted by atomic mass is 32.2. The number of hydrogen-bond acceptors (Lipinski definition) is 8. The number of hydrogen-bond donors (Lipinski definition) is 0. The zero-order chi connectivity index (χ0) is 23.8. The third-order valence-corrected chi connectivity index (χ3v) is 8.66. The van der Waals surface area contributed by atoms with Crippen LogP contribution >= 0.6 is 11.8 Å². The Morgan fingerprint density at radius 3 is 2.61 bits per heavy atom. The third kappa shape index (κ3) is 6.34. The van der Waals surface area contributed by atoms with Crippen LogP contribution in [0.25, 0.3) is 11.4 Å². The van der Waals surface area contributed by atoms with Gasteiger partial charge >= 0.3 is 0 Å². The maximum Gasteiger partial charge on any atom is 0.243 e. The van der Waals surface area contributed by atoms with E-state index in [1.165, 1.54) is 4.31 Å². The van der Waals surface area contributed by atoms with E-state index in [-0.39, 0.29) is 10.9 Å². The molecule has 1 unspecified atom stereocenters. The molecule has 9 nitrogen and oxygen atoms in total. The molecule has 3 rings (SSSR count). The van der Waals surface area contributed by atoms with Gasteiger partial charge in [0.05, 0.1) is 30.8 Å². The molecule has 2 aromatic rings. The molecule has 0 amide bonds. The lowest BCUT2D eigenvalue weighted by atomic mass is 10.2. The van der Waals surface area contributed by atoms with E-state index >= 15 is 0 Å². The smallest absolute Gasteiger partial charge is 0.243 e. The van der Waals surface area contributed by atoms with Crippen LogP contribution in [0.1, 0.15) is 26.8 Å². The number of benzene rings is 1. The van der Waals surface area contributed by atoms with Gasteiger partial charge in [-0.05, 0) is 19.1 Å². The Bertz CT molecular complexity index is 988. The standard InChI is InChI=1S/C22H35N5O4S2/c1-5-26(6-2)33(28,29)20-9-7-8-19(16-20)21-23-24-22(27(21)18(3)17-30-4)32-15-12-25-10-13-31-14-11-25/h7-9,16,18H,5-6,10-15,17H2,1-4H3. The molecular weight excluding hydrogens is 462 g/mol. The fourth-order valence-corrected chi connectivity index (χ4v) is 6.42. The lowest BCUT2D eigenvalue weighted by molar-refractivity contribution is 0.0410. The second kappa shape index (κ2) is 12.3. The minimum absolute atomic E-state index is 0.00562. The average molecular weight is 498 g/mol. The van der Waals surface area contributed by atoms with Crippen LogP contribution in [0, 0.1) is 0 Å². The predicted octanol–water partition coefficient (Wildman–Crippen LogP) is 2.61. The van der Waals surface area contributed by atoms with Gasteiger partial charge in [-0.3, -0.25) is 9.47 Å². The molecule has 0 radical (unpaired) electrons. The maximum atomic E-state index is 13.0. The van der Waals surface area contributed by atoms with Gasteiger partial charge in [0.15, 0.2) is 11.0 Å². The first-order valence-corrected chi connectivity index (χ1v) is 13.8. The van der Waals surface area contributed by atoms with Crippen LogP contribution in [0.5, 0.6) is 0 Å². The molecule has 184 valence electrons. The molecule has 1 aromatic carbocycles. The fourth-order valence-electron chi connectivity index (χ4n) is 3.88. The summed E-state index contributed by atoms with van der Waals surface area (Å²) in [5, 5.41) is 9.72. The van der Waals surface area contributed by atoms with Gasteiger partial charge in [-0.25, -0.2) is 8.42 Å². The van der Waals surface area contributed by atoms with E-state index in [1.54, 1.807) is 37.1 Å². The molecule has 1 aliphatic rings. The summed E-state index contributed by atoms with van der Waals surface area (Å²) >= 11 is 1.66. The molecule has 1 aromatic heterocycles. The van der Waals surface area contributed by atoms with E-state index < -0.39 is 10.0 Å². The number of thioether (sulfide) groups is 1. The van der Waals surface area contributed by atoms with Gasteiger partial charge in [0, 0.05) is 51.1 Å². The Hall–Kier alpha value is -1.50. The number of ether oxygens (including phenoxy) is 2. The molecule has 0 spiro atoms. The van der Waals surface area contributed by atoms with E-state index in [1.807, 2.05) is 19.9 Å². The largest absolute Gasteiger partial charge is 0.383 e. The summed E-state index contributed by atoms with van der Waals surface area (Å²) in [6, 6.07) is 6.96. The topological polar surface area (TPSA) is 89.8 Å². The third-order valence-electron chi connectivity index (χ3n) is 5.69. The minimum atomic E-state index is -3.56. The predicted molar refractivity (Wildman–Crippen MR) is 130 cm³/mol. The molecule has 1 saturated heterocycles. The number of rotatable bonds is 12. The van der Waals surface area contributed by atoms with E-state index in [2.05, 4.69) is 26.6 Å². The first-order valence-electron chi connectivity index (χ1n) is 11.4. The number of sulfonamides is 1. The number of nitrogens with zero attached hydrogens (tertiary/aromatic N) is 5. The van der Waals surface area contributed by atoms with Crippen molar-refractivity contribution in [3.8, 4) is 11.4 Å². The highest BCUT2D eigenvalue weighted by Crippen LogP contribution is 2.30. The summed E-state index contributed by atoms with van der Waals surface area (Å²) in [6.45, 7) is 11.5. The highest BCUT2D eigenvalue weighted by molar-refractivity contribution is 7.99. The Morgan fingerprint density at radius 1 is 1.21 bits per heavy atom. The average Bonchev–Trinajstić information content (AvgIpc) is 3.25. The summed E-state index contributed by atoms with van der Waals surface area (Å²) in [5.74, 6) is 1.53. The maximum absolute atomic E-state index is 13.0. The number of aromatic nitrogens is 3. The normalized spacial score (nSPS) is 16.4. The van der Waals surface area contributed by atoms with Crippen molar-refractivity contribution in [1.82, 2.24) is 24.0 Å². The molecule has 1 atom stereocenters. The van der Waals surface area contributed by atoms with E-state index in [0.29, 0.717) is 25.5 Å². The van der Waals surface area contributed by atoms with Gasteiger partial charge in [-0.15, -0.1) is 10.2 Å². The molecule has 1 aliphatic heterocycles. The molecule has 0 N–H and O–H groups in total. The lowest BCUT2D eigenvalue weighted by Crippen LogP contribution is -2.37. The Kier molecular flexibility index (Phi) is 9.71. The Balaban J connectivity index is 1.88. The quantitative estimate of drug-likeness (QED) is 0.414. The van der Waals surface area contributed by atoms with E-state index in [4.69, 9.17) is 9.47 Å². The van der Waals surface area contributed by atoms with Crippen LogP contribution in [-0.2, 0) is 19.5 Å². The first kappa shape index (κ1) is 26.1. The van der Waals surface area contributed by atoms with Crippen LogP contribution in [0.2, 0.25) is 0 Å². The Morgan fingerprint density at radius 2 is 1.94 bits per heavy atom. The number of morpholine rings is 1. The van der Waals surface area contributed by atoms with Crippen LogP contribution in [-0.4, -0.2) is 97.8 Å².